The Balaban J connectivity index is 1.41. The second kappa shape index (κ2) is 11.0. The number of nitrogens with one attached hydrogen (secondary N) is 1. The summed E-state index contributed by atoms with van der Waals surface area (Å²) in [6.07, 6.45) is 5.42. The van der Waals surface area contributed by atoms with Gasteiger partial charge in [-0.3, -0.25) is 9.78 Å². The molecule has 0 atom stereocenters. The molecule has 0 aliphatic rings. The zero-order valence-electron chi connectivity index (χ0n) is 16.5. The summed E-state index contributed by atoms with van der Waals surface area (Å²) in [5, 5.41) is 4.71. The molecule has 1 N–H and O–H groups in total. The molecule has 0 fully saturated rings. The molecule has 7 heteroatoms. The number of carbonyl (C=O) groups is 1. The number of pyridine rings is 1. The van der Waals surface area contributed by atoms with Gasteiger partial charge in [0.05, 0.1) is 19.4 Å². The first-order valence-electron chi connectivity index (χ1n) is 9.47. The minimum atomic E-state index is -0.295. The summed E-state index contributed by atoms with van der Waals surface area (Å²) < 4.78 is 11.5. The first-order valence-corrected chi connectivity index (χ1v) is 9.85. The molecule has 1 heterocycles. The van der Waals surface area contributed by atoms with Crippen molar-refractivity contribution in [3.8, 4) is 11.5 Å². The van der Waals surface area contributed by atoms with Crippen LogP contribution in [0.15, 0.2) is 72.1 Å². The molecular weight excluding hydrogens is 402 g/mol. The van der Waals surface area contributed by atoms with Gasteiger partial charge in [-0.15, -0.1) is 0 Å². The normalized spacial score (nSPS) is 10.7. The van der Waals surface area contributed by atoms with E-state index in [1.54, 1.807) is 30.7 Å². The molecule has 3 rings (SSSR count). The summed E-state index contributed by atoms with van der Waals surface area (Å²) in [5.74, 6) is 1.22. The first kappa shape index (κ1) is 21.3. The van der Waals surface area contributed by atoms with Gasteiger partial charge in [0.25, 0.3) is 5.91 Å². The van der Waals surface area contributed by atoms with Gasteiger partial charge in [0.1, 0.15) is 11.5 Å². The van der Waals surface area contributed by atoms with Crippen molar-refractivity contribution in [2.45, 2.75) is 13.3 Å². The van der Waals surface area contributed by atoms with Gasteiger partial charge in [0.2, 0.25) is 0 Å². The Bertz CT molecular complexity index is 1010. The fourth-order valence-corrected chi connectivity index (χ4v) is 2.68. The second-order valence-electron chi connectivity index (χ2n) is 6.47. The van der Waals surface area contributed by atoms with Crippen molar-refractivity contribution in [2.75, 3.05) is 13.2 Å². The number of aryl methyl sites for hydroxylation is 1. The molecule has 6 nitrogen and oxygen atoms in total. The van der Waals surface area contributed by atoms with Gasteiger partial charge in [0, 0.05) is 29.4 Å². The van der Waals surface area contributed by atoms with Gasteiger partial charge in [-0.1, -0.05) is 23.7 Å². The first-order chi connectivity index (χ1) is 14.6. The lowest BCUT2D eigenvalue weighted by atomic mass is 10.2. The Morgan fingerprint density at radius 3 is 2.53 bits per heavy atom. The Morgan fingerprint density at radius 1 is 1.07 bits per heavy atom. The smallest absolute Gasteiger partial charge is 0.271 e. The van der Waals surface area contributed by atoms with E-state index < -0.39 is 0 Å². The van der Waals surface area contributed by atoms with Crippen LogP contribution in [-0.4, -0.2) is 30.3 Å². The van der Waals surface area contributed by atoms with Crippen LogP contribution in [0.25, 0.3) is 0 Å². The molecular formula is C23H22ClN3O3. The SMILES string of the molecule is Cc1cc(OCCCOc2cccc(/C=N\NC(=O)c3ccncc3)c2)ccc1Cl. The molecule has 0 saturated carbocycles. The van der Waals surface area contributed by atoms with E-state index in [1.165, 1.54) is 0 Å². The van der Waals surface area contributed by atoms with E-state index in [9.17, 15) is 4.79 Å². The molecule has 0 spiro atoms. The number of nitrogens with zero attached hydrogens (tertiary/aromatic N) is 2. The number of aromatic nitrogens is 1. The molecule has 2 aromatic carbocycles. The number of benzene rings is 2. The highest BCUT2D eigenvalue weighted by molar-refractivity contribution is 6.31. The summed E-state index contributed by atoms with van der Waals surface area (Å²) in [6.45, 7) is 3.01. The third-order valence-electron chi connectivity index (χ3n) is 4.14. The van der Waals surface area contributed by atoms with Crippen molar-refractivity contribution < 1.29 is 14.3 Å². The third-order valence-corrected chi connectivity index (χ3v) is 4.56. The zero-order valence-corrected chi connectivity index (χ0v) is 17.3. The lowest BCUT2D eigenvalue weighted by Gasteiger charge is -2.09. The molecule has 0 radical (unpaired) electrons. The maximum Gasteiger partial charge on any atom is 0.271 e. The van der Waals surface area contributed by atoms with Crippen molar-refractivity contribution >= 4 is 23.7 Å². The van der Waals surface area contributed by atoms with E-state index in [4.69, 9.17) is 21.1 Å². The van der Waals surface area contributed by atoms with E-state index in [0.29, 0.717) is 18.8 Å². The van der Waals surface area contributed by atoms with Crippen LogP contribution in [0, 0.1) is 6.92 Å². The largest absolute Gasteiger partial charge is 0.493 e. The molecule has 30 heavy (non-hydrogen) atoms. The summed E-state index contributed by atoms with van der Waals surface area (Å²) in [4.78, 5) is 15.8. The van der Waals surface area contributed by atoms with Crippen molar-refractivity contribution in [3.63, 3.8) is 0 Å². The van der Waals surface area contributed by atoms with Crippen molar-refractivity contribution in [1.29, 1.82) is 0 Å². The van der Waals surface area contributed by atoms with E-state index in [-0.39, 0.29) is 5.91 Å². The minimum Gasteiger partial charge on any atom is -0.493 e. The predicted octanol–water partition coefficient (Wildman–Crippen LogP) is 4.66. The molecule has 3 aromatic rings. The van der Waals surface area contributed by atoms with E-state index in [2.05, 4.69) is 15.5 Å². The fraction of sp³-hybridized carbons (Fsp3) is 0.174. The number of halogens is 1. The molecule has 0 unspecified atom stereocenters. The van der Waals surface area contributed by atoms with Gasteiger partial charge >= 0.3 is 0 Å². The second-order valence-corrected chi connectivity index (χ2v) is 6.88. The fourth-order valence-electron chi connectivity index (χ4n) is 2.56. The van der Waals surface area contributed by atoms with Crippen molar-refractivity contribution in [3.05, 3.63) is 88.7 Å². The molecule has 1 amide bonds. The number of hydrazone groups is 1. The van der Waals surface area contributed by atoms with Crippen LogP contribution in [0.5, 0.6) is 11.5 Å². The number of amides is 1. The lowest BCUT2D eigenvalue weighted by Crippen LogP contribution is -2.17. The van der Waals surface area contributed by atoms with Crippen LogP contribution in [0.1, 0.15) is 27.9 Å². The van der Waals surface area contributed by atoms with Crippen LogP contribution in [-0.2, 0) is 0 Å². The number of ether oxygens (including phenoxy) is 2. The molecule has 0 saturated heterocycles. The molecule has 1 aromatic heterocycles. The van der Waals surface area contributed by atoms with Crippen molar-refractivity contribution in [1.82, 2.24) is 10.4 Å². The minimum absolute atomic E-state index is 0.295. The van der Waals surface area contributed by atoms with Crippen LogP contribution < -0.4 is 14.9 Å². The van der Waals surface area contributed by atoms with Gasteiger partial charge in [-0.2, -0.15) is 5.10 Å². The predicted molar refractivity (Wildman–Crippen MR) is 118 cm³/mol. The summed E-state index contributed by atoms with van der Waals surface area (Å²) in [5.41, 5.74) is 4.78. The Kier molecular flexibility index (Phi) is 7.80. The summed E-state index contributed by atoms with van der Waals surface area (Å²) >= 11 is 6.01. The molecule has 154 valence electrons. The van der Waals surface area contributed by atoms with Gasteiger partial charge in [-0.05, 0) is 60.5 Å². The zero-order chi connectivity index (χ0) is 21.2. The summed E-state index contributed by atoms with van der Waals surface area (Å²) in [7, 11) is 0. The van der Waals surface area contributed by atoms with Crippen LogP contribution in [0.4, 0.5) is 0 Å². The highest BCUT2D eigenvalue weighted by atomic mass is 35.5. The average Bonchev–Trinajstić information content (AvgIpc) is 2.77. The van der Waals surface area contributed by atoms with Crippen LogP contribution >= 0.6 is 11.6 Å². The van der Waals surface area contributed by atoms with Gasteiger partial charge in [-0.25, -0.2) is 5.43 Å². The average molecular weight is 424 g/mol. The monoisotopic (exact) mass is 423 g/mol. The highest BCUT2D eigenvalue weighted by Gasteiger charge is 2.02. The van der Waals surface area contributed by atoms with E-state index in [0.717, 1.165) is 34.1 Å². The highest BCUT2D eigenvalue weighted by Crippen LogP contribution is 2.21. The van der Waals surface area contributed by atoms with E-state index >= 15 is 0 Å². The quantitative estimate of drug-likeness (QED) is 0.309. The van der Waals surface area contributed by atoms with Gasteiger partial charge in [0.15, 0.2) is 0 Å². The maximum atomic E-state index is 11.9. The number of hydrogen-bond acceptors (Lipinski definition) is 5. The topological polar surface area (TPSA) is 72.8 Å². The third kappa shape index (κ3) is 6.60. The maximum absolute atomic E-state index is 11.9. The lowest BCUT2D eigenvalue weighted by molar-refractivity contribution is 0.0955. The summed E-state index contributed by atoms with van der Waals surface area (Å²) in [6, 6.07) is 16.3. The Morgan fingerprint density at radius 2 is 1.80 bits per heavy atom. The molecule has 0 aliphatic heterocycles. The van der Waals surface area contributed by atoms with Crippen LogP contribution in [0.3, 0.4) is 0 Å². The number of carbonyl (C=O) groups excluding carboxylic acids is 1. The number of rotatable bonds is 9. The molecule has 0 aliphatic carbocycles. The standard InChI is InChI=1S/C23H22ClN3O3/c1-17-14-21(6-7-22(17)24)30-13-3-12-29-20-5-2-4-18(15-20)16-26-27-23(28)19-8-10-25-11-9-19/h2,4-11,14-16H,3,12-13H2,1H3,(H,27,28)/b26-16-. The van der Waals surface area contributed by atoms with Gasteiger partial charge < -0.3 is 9.47 Å². The number of hydrogen-bond donors (Lipinski definition) is 1. The van der Waals surface area contributed by atoms with Crippen LogP contribution in [0.2, 0.25) is 5.02 Å². The Labute approximate surface area is 180 Å². The van der Waals surface area contributed by atoms with E-state index in [1.807, 2.05) is 49.4 Å². The molecule has 0 bridgehead atoms. The van der Waals surface area contributed by atoms with Crippen molar-refractivity contribution in [2.24, 2.45) is 5.10 Å². The Hall–Kier alpha value is -3.38.